The molecular formula is C17H20. The highest BCUT2D eigenvalue weighted by Gasteiger charge is 2.32. The van der Waals surface area contributed by atoms with Crippen LogP contribution >= 0.6 is 0 Å². The standard InChI is InChI=1S/C17H20/c1-17(2)15-9-5-3-7-13(15)11-12-14-8-4-6-10-16(14)17/h3,5,7-10H,4,6,11-12H2,1-2H3. The van der Waals surface area contributed by atoms with Gasteiger partial charge in [-0.3, -0.25) is 0 Å². The van der Waals surface area contributed by atoms with Crippen molar-refractivity contribution in [2.24, 2.45) is 0 Å². The van der Waals surface area contributed by atoms with E-state index in [0.29, 0.717) is 0 Å². The van der Waals surface area contributed by atoms with Crippen molar-refractivity contribution >= 4 is 0 Å². The van der Waals surface area contributed by atoms with Gasteiger partial charge in [0.1, 0.15) is 0 Å². The minimum absolute atomic E-state index is 0.180. The van der Waals surface area contributed by atoms with Crippen LogP contribution in [-0.4, -0.2) is 0 Å². The molecule has 17 heavy (non-hydrogen) atoms. The van der Waals surface area contributed by atoms with E-state index < -0.39 is 0 Å². The molecule has 0 heterocycles. The maximum Gasteiger partial charge on any atom is 0.0148 e. The molecule has 2 aliphatic carbocycles. The Morgan fingerprint density at radius 3 is 2.59 bits per heavy atom. The largest absolute Gasteiger partial charge is 0.0807 e. The third-order valence-electron chi connectivity index (χ3n) is 4.28. The molecule has 0 aliphatic heterocycles. The summed E-state index contributed by atoms with van der Waals surface area (Å²) in [6.07, 6.45) is 9.78. The van der Waals surface area contributed by atoms with Gasteiger partial charge in [0.05, 0.1) is 0 Å². The smallest absolute Gasteiger partial charge is 0.0148 e. The summed E-state index contributed by atoms with van der Waals surface area (Å²) in [6, 6.07) is 8.97. The molecule has 0 radical (unpaired) electrons. The normalized spacial score (nSPS) is 21.8. The van der Waals surface area contributed by atoms with Gasteiger partial charge >= 0.3 is 0 Å². The molecule has 0 nitrogen and oxygen atoms in total. The Labute approximate surface area is 104 Å². The van der Waals surface area contributed by atoms with E-state index in [1.165, 1.54) is 36.8 Å². The summed E-state index contributed by atoms with van der Waals surface area (Å²) >= 11 is 0. The summed E-state index contributed by atoms with van der Waals surface area (Å²) in [5.74, 6) is 0. The number of rotatable bonds is 0. The fraction of sp³-hybridized carbons (Fsp3) is 0.412. The first-order valence-corrected chi connectivity index (χ1v) is 6.68. The van der Waals surface area contributed by atoms with Gasteiger partial charge in [0.15, 0.2) is 0 Å². The monoisotopic (exact) mass is 224 g/mol. The Hall–Kier alpha value is -1.30. The number of hydrogen-bond donors (Lipinski definition) is 0. The van der Waals surface area contributed by atoms with Crippen molar-refractivity contribution in [1.29, 1.82) is 0 Å². The molecule has 0 bridgehead atoms. The second-order valence-electron chi connectivity index (χ2n) is 5.71. The minimum atomic E-state index is 0.180. The Balaban J connectivity index is 2.19. The van der Waals surface area contributed by atoms with Gasteiger partial charge in [0.25, 0.3) is 0 Å². The lowest BCUT2D eigenvalue weighted by atomic mass is 9.73. The maximum absolute atomic E-state index is 2.47. The van der Waals surface area contributed by atoms with Crippen LogP contribution in [0.1, 0.15) is 44.2 Å². The number of benzene rings is 1. The first-order chi connectivity index (χ1) is 8.19. The van der Waals surface area contributed by atoms with Gasteiger partial charge in [-0.15, -0.1) is 0 Å². The average Bonchev–Trinajstić information content (AvgIpc) is 2.47. The van der Waals surface area contributed by atoms with E-state index in [9.17, 15) is 0 Å². The molecule has 1 aromatic rings. The van der Waals surface area contributed by atoms with Crippen molar-refractivity contribution in [2.75, 3.05) is 0 Å². The predicted molar refractivity (Wildman–Crippen MR) is 73.2 cm³/mol. The Bertz CT molecular complexity index is 501. The lowest BCUT2D eigenvalue weighted by molar-refractivity contribution is 0.622. The highest BCUT2D eigenvalue weighted by molar-refractivity contribution is 5.51. The highest BCUT2D eigenvalue weighted by Crippen LogP contribution is 2.43. The predicted octanol–water partition coefficient (Wildman–Crippen LogP) is 4.56. The van der Waals surface area contributed by atoms with Crippen LogP contribution in [0.4, 0.5) is 0 Å². The molecule has 0 heteroatoms. The maximum atomic E-state index is 2.47. The van der Waals surface area contributed by atoms with E-state index in [1.54, 1.807) is 11.1 Å². The van der Waals surface area contributed by atoms with Crippen LogP contribution in [0.25, 0.3) is 0 Å². The number of aryl methyl sites for hydroxylation is 1. The molecule has 1 aromatic carbocycles. The van der Waals surface area contributed by atoms with Crippen LogP contribution in [-0.2, 0) is 11.8 Å². The molecule has 0 fully saturated rings. The van der Waals surface area contributed by atoms with Gasteiger partial charge in [-0.1, -0.05) is 50.3 Å². The van der Waals surface area contributed by atoms with Gasteiger partial charge in [-0.25, -0.2) is 0 Å². The molecule has 3 rings (SSSR count). The van der Waals surface area contributed by atoms with Crippen molar-refractivity contribution in [3.05, 3.63) is 58.7 Å². The van der Waals surface area contributed by atoms with E-state index in [4.69, 9.17) is 0 Å². The Kier molecular flexibility index (Phi) is 2.47. The lowest BCUT2D eigenvalue weighted by Gasteiger charge is -2.31. The molecule has 0 spiro atoms. The van der Waals surface area contributed by atoms with Crippen LogP contribution in [0.3, 0.4) is 0 Å². The topological polar surface area (TPSA) is 0 Å². The van der Waals surface area contributed by atoms with Crippen molar-refractivity contribution in [3.8, 4) is 0 Å². The van der Waals surface area contributed by atoms with E-state index in [0.717, 1.165) is 0 Å². The number of allylic oxidation sites excluding steroid dienone is 4. The fourth-order valence-electron chi connectivity index (χ4n) is 3.38. The highest BCUT2D eigenvalue weighted by atomic mass is 14.4. The zero-order valence-corrected chi connectivity index (χ0v) is 10.8. The lowest BCUT2D eigenvalue weighted by Crippen LogP contribution is -2.22. The minimum Gasteiger partial charge on any atom is -0.0807 e. The van der Waals surface area contributed by atoms with Crippen molar-refractivity contribution in [3.63, 3.8) is 0 Å². The van der Waals surface area contributed by atoms with Gasteiger partial charge in [-0.05, 0) is 48.0 Å². The van der Waals surface area contributed by atoms with E-state index in [2.05, 4.69) is 50.3 Å². The molecule has 0 unspecified atom stereocenters. The van der Waals surface area contributed by atoms with Gasteiger partial charge in [0, 0.05) is 5.41 Å². The zero-order chi connectivity index (χ0) is 11.9. The fourth-order valence-corrected chi connectivity index (χ4v) is 3.38. The summed E-state index contributed by atoms with van der Waals surface area (Å²) in [7, 11) is 0. The van der Waals surface area contributed by atoms with Crippen LogP contribution in [0.2, 0.25) is 0 Å². The second kappa shape index (κ2) is 3.87. The molecule has 2 aliphatic rings. The average molecular weight is 224 g/mol. The summed E-state index contributed by atoms with van der Waals surface area (Å²) < 4.78 is 0. The number of hydrogen-bond acceptors (Lipinski definition) is 0. The Morgan fingerprint density at radius 2 is 1.71 bits per heavy atom. The third kappa shape index (κ3) is 1.67. The molecule has 0 saturated heterocycles. The quantitative estimate of drug-likeness (QED) is 0.606. The van der Waals surface area contributed by atoms with Crippen LogP contribution in [0, 0.1) is 0 Å². The van der Waals surface area contributed by atoms with Crippen LogP contribution < -0.4 is 0 Å². The van der Waals surface area contributed by atoms with Gasteiger partial charge < -0.3 is 0 Å². The van der Waals surface area contributed by atoms with Gasteiger partial charge in [0.2, 0.25) is 0 Å². The summed E-state index contributed by atoms with van der Waals surface area (Å²) in [4.78, 5) is 0. The summed E-state index contributed by atoms with van der Waals surface area (Å²) in [5, 5.41) is 0. The molecule has 0 aromatic heterocycles. The molecule has 0 amide bonds. The third-order valence-corrected chi connectivity index (χ3v) is 4.28. The first kappa shape index (κ1) is 10.8. The molecular weight excluding hydrogens is 204 g/mol. The van der Waals surface area contributed by atoms with E-state index in [-0.39, 0.29) is 5.41 Å². The first-order valence-electron chi connectivity index (χ1n) is 6.68. The second-order valence-corrected chi connectivity index (χ2v) is 5.71. The van der Waals surface area contributed by atoms with Crippen LogP contribution in [0.15, 0.2) is 47.6 Å². The van der Waals surface area contributed by atoms with E-state index in [1.807, 2.05) is 0 Å². The SMILES string of the molecule is CC1(C)C2=CCCC=C2CCc2ccccc21. The van der Waals surface area contributed by atoms with Crippen molar-refractivity contribution < 1.29 is 0 Å². The summed E-state index contributed by atoms with van der Waals surface area (Å²) in [5.41, 5.74) is 6.41. The number of fused-ring (bicyclic) bond motifs is 2. The molecule has 88 valence electrons. The van der Waals surface area contributed by atoms with E-state index >= 15 is 0 Å². The summed E-state index contributed by atoms with van der Waals surface area (Å²) in [6.45, 7) is 4.75. The molecule has 0 saturated carbocycles. The zero-order valence-electron chi connectivity index (χ0n) is 10.8. The van der Waals surface area contributed by atoms with Crippen LogP contribution in [0.5, 0.6) is 0 Å². The van der Waals surface area contributed by atoms with Crippen molar-refractivity contribution in [1.82, 2.24) is 0 Å². The van der Waals surface area contributed by atoms with Crippen molar-refractivity contribution in [2.45, 2.75) is 44.9 Å². The Morgan fingerprint density at radius 1 is 0.941 bits per heavy atom. The molecule has 0 atom stereocenters. The van der Waals surface area contributed by atoms with Gasteiger partial charge in [-0.2, -0.15) is 0 Å². The molecule has 0 N–H and O–H groups in total.